The summed E-state index contributed by atoms with van der Waals surface area (Å²) in [6.45, 7) is 6.30. The number of morpholine rings is 2. The van der Waals surface area contributed by atoms with Gasteiger partial charge in [-0.1, -0.05) is 6.07 Å². The van der Waals surface area contributed by atoms with Gasteiger partial charge in [-0.05, 0) is 32.0 Å². The van der Waals surface area contributed by atoms with E-state index in [0.29, 0.717) is 57.4 Å². The predicted molar refractivity (Wildman–Crippen MR) is 117 cm³/mol. The minimum atomic E-state index is -0.325. The van der Waals surface area contributed by atoms with E-state index in [1.807, 2.05) is 21.9 Å². The quantitative estimate of drug-likeness (QED) is 0.716. The van der Waals surface area contributed by atoms with E-state index in [-0.39, 0.29) is 17.9 Å². The van der Waals surface area contributed by atoms with Crippen molar-refractivity contribution in [3.63, 3.8) is 0 Å². The molecule has 5 heterocycles. The van der Waals surface area contributed by atoms with Crippen molar-refractivity contribution in [2.24, 2.45) is 0 Å². The number of pyridine rings is 1. The molecule has 3 fully saturated rings. The molecule has 31 heavy (non-hydrogen) atoms. The minimum absolute atomic E-state index is 0.00502. The molecule has 0 saturated carbocycles. The van der Waals surface area contributed by atoms with E-state index in [1.165, 1.54) is 24.2 Å². The number of hydrogen-bond donors (Lipinski definition) is 0. The summed E-state index contributed by atoms with van der Waals surface area (Å²) in [5, 5.41) is 0.947. The molecule has 3 aliphatic rings. The number of thiophene rings is 1. The lowest BCUT2D eigenvalue weighted by molar-refractivity contribution is -0.139. The van der Waals surface area contributed by atoms with Crippen LogP contribution >= 0.6 is 11.3 Å². The highest BCUT2D eigenvalue weighted by Crippen LogP contribution is 2.38. The van der Waals surface area contributed by atoms with Crippen LogP contribution in [0.2, 0.25) is 0 Å². The molecule has 0 aromatic carbocycles. The molecule has 3 saturated heterocycles. The summed E-state index contributed by atoms with van der Waals surface area (Å²) >= 11 is 1.42. The molecule has 2 amide bonds. The molecular formula is C22H28N4O4S. The Morgan fingerprint density at radius 3 is 2.65 bits per heavy atom. The second kappa shape index (κ2) is 9.20. The Morgan fingerprint density at radius 1 is 1.06 bits per heavy atom. The number of likely N-dealkylation sites (tertiary alicyclic amines) is 1. The zero-order chi connectivity index (χ0) is 21.2. The van der Waals surface area contributed by atoms with Crippen molar-refractivity contribution in [2.75, 3.05) is 65.6 Å². The van der Waals surface area contributed by atoms with Crippen LogP contribution in [-0.4, -0.2) is 97.1 Å². The fourth-order valence-corrected chi connectivity index (χ4v) is 5.78. The van der Waals surface area contributed by atoms with Crippen LogP contribution in [0.25, 0.3) is 10.2 Å². The summed E-state index contributed by atoms with van der Waals surface area (Å²) in [7, 11) is 0. The van der Waals surface area contributed by atoms with E-state index in [0.717, 1.165) is 28.9 Å². The molecule has 2 aromatic rings. The van der Waals surface area contributed by atoms with Crippen molar-refractivity contribution < 1.29 is 19.1 Å². The SMILES string of the molecule is O=C(CN1CCCC1)N1CCOC(c2c(C(=O)N3CCOCC3)sc3ncccc23)C1. The van der Waals surface area contributed by atoms with Gasteiger partial charge in [-0.2, -0.15) is 0 Å². The highest BCUT2D eigenvalue weighted by atomic mass is 32.1. The summed E-state index contributed by atoms with van der Waals surface area (Å²) in [6, 6.07) is 3.89. The van der Waals surface area contributed by atoms with Crippen molar-refractivity contribution in [3.8, 4) is 0 Å². The van der Waals surface area contributed by atoms with E-state index in [4.69, 9.17) is 9.47 Å². The second-order valence-electron chi connectivity index (χ2n) is 8.29. The molecule has 1 atom stereocenters. The van der Waals surface area contributed by atoms with Gasteiger partial charge in [-0.3, -0.25) is 14.5 Å². The topological polar surface area (TPSA) is 75.2 Å². The fraction of sp³-hybridized carbons (Fsp3) is 0.591. The van der Waals surface area contributed by atoms with Gasteiger partial charge in [0.05, 0.1) is 32.9 Å². The van der Waals surface area contributed by atoms with Crippen molar-refractivity contribution in [2.45, 2.75) is 18.9 Å². The summed E-state index contributed by atoms with van der Waals surface area (Å²) in [5.41, 5.74) is 0.878. The Morgan fingerprint density at radius 2 is 1.84 bits per heavy atom. The molecule has 0 N–H and O–H groups in total. The van der Waals surface area contributed by atoms with Gasteiger partial charge in [0.2, 0.25) is 5.91 Å². The van der Waals surface area contributed by atoms with E-state index in [2.05, 4.69) is 9.88 Å². The van der Waals surface area contributed by atoms with Gasteiger partial charge in [0.1, 0.15) is 15.8 Å². The van der Waals surface area contributed by atoms with Crippen LogP contribution in [0.4, 0.5) is 0 Å². The van der Waals surface area contributed by atoms with Crippen LogP contribution in [0.5, 0.6) is 0 Å². The number of nitrogens with zero attached hydrogens (tertiary/aromatic N) is 4. The highest BCUT2D eigenvalue weighted by Gasteiger charge is 2.34. The molecule has 9 heteroatoms. The zero-order valence-corrected chi connectivity index (χ0v) is 18.4. The average molecular weight is 445 g/mol. The molecule has 0 aliphatic carbocycles. The number of aromatic nitrogens is 1. The van der Waals surface area contributed by atoms with Crippen molar-refractivity contribution in [3.05, 3.63) is 28.8 Å². The predicted octanol–water partition coefficient (Wildman–Crippen LogP) is 1.76. The van der Waals surface area contributed by atoms with Crippen molar-refractivity contribution in [1.82, 2.24) is 19.7 Å². The Hall–Kier alpha value is -2.07. The first-order chi connectivity index (χ1) is 15.2. The monoisotopic (exact) mass is 444 g/mol. The number of carbonyl (C=O) groups excluding carboxylic acids is 2. The van der Waals surface area contributed by atoms with Gasteiger partial charge in [0.25, 0.3) is 5.91 Å². The average Bonchev–Trinajstić information content (AvgIpc) is 3.47. The largest absolute Gasteiger partial charge is 0.378 e. The maximum Gasteiger partial charge on any atom is 0.264 e. The number of ether oxygens (including phenoxy) is 2. The van der Waals surface area contributed by atoms with E-state index in [9.17, 15) is 9.59 Å². The maximum absolute atomic E-state index is 13.4. The molecule has 3 aliphatic heterocycles. The standard InChI is InChI=1S/C22H28N4O4S/c27-18(15-24-6-1-2-7-24)26-10-13-30-17(14-26)19-16-4-3-5-23-21(16)31-20(19)22(28)25-8-11-29-12-9-25/h3-5,17H,1-2,6-15H2. The molecule has 166 valence electrons. The molecule has 2 aromatic heterocycles. The molecule has 0 bridgehead atoms. The number of hydrogen-bond acceptors (Lipinski definition) is 7. The first kappa shape index (κ1) is 20.8. The summed E-state index contributed by atoms with van der Waals surface area (Å²) < 4.78 is 11.5. The van der Waals surface area contributed by atoms with Gasteiger partial charge in [0.15, 0.2) is 0 Å². The Labute approximate surface area is 185 Å². The van der Waals surface area contributed by atoms with Gasteiger partial charge >= 0.3 is 0 Å². The summed E-state index contributed by atoms with van der Waals surface area (Å²) in [4.78, 5) is 38.3. The minimum Gasteiger partial charge on any atom is -0.378 e. The molecule has 0 spiro atoms. The van der Waals surface area contributed by atoms with Gasteiger partial charge in [-0.15, -0.1) is 11.3 Å². The fourth-order valence-electron chi connectivity index (χ4n) is 4.62. The zero-order valence-electron chi connectivity index (χ0n) is 17.6. The van der Waals surface area contributed by atoms with Crippen LogP contribution in [0.1, 0.15) is 34.2 Å². The Kier molecular flexibility index (Phi) is 6.17. The van der Waals surface area contributed by atoms with Crippen LogP contribution in [0.15, 0.2) is 18.3 Å². The normalized spacial score (nSPS) is 22.9. The smallest absolute Gasteiger partial charge is 0.264 e. The summed E-state index contributed by atoms with van der Waals surface area (Å²) in [6.07, 6.45) is 3.76. The molecule has 5 rings (SSSR count). The second-order valence-corrected chi connectivity index (χ2v) is 9.29. The van der Waals surface area contributed by atoms with Gasteiger partial charge < -0.3 is 19.3 Å². The number of fused-ring (bicyclic) bond motifs is 1. The van der Waals surface area contributed by atoms with Crippen LogP contribution in [0.3, 0.4) is 0 Å². The van der Waals surface area contributed by atoms with Crippen LogP contribution in [-0.2, 0) is 14.3 Å². The third-order valence-electron chi connectivity index (χ3n) is 6.30. The lowest BCUT2D eigenvalue weighted by Gasteiger charge is -2.34. The first-order valence-corrected chi connectivity index (χ1v) is 11.9. The molecule has 0 radical (unpaired) electrons. The third-order valence-corrected chi connectivity index (χ3v) is 7.41. The summed E-state index contributed by atoms with van der Waals surface area (Å²) in [5.74, 6) is 0.152. The van der Waals surface area contributed by atoms with Gasteiger partial charge in [-0.25, -0.2) is 4.98 Å². The Balaban J connectivity index is 1.41. The van der Waals surface area contributed by atoms with Crippen molar-refractivity contribution in [1.29, 1.82) is 0 Å². The highest BCUT2D eigenvalue weighted by molar-refractivity contribution is 7.20. The van der Waals surface area contributed by atoms with Crippen LogP contribution in [0, 0.1) is 0 Å². The number of rotatable bonds is 4. The van der Waals surface area contributed by atoms with E-state index < -0.39 is 0 Å². The van der Waals surface area contributed by atoms with Gasteiger partial charge in [0, 0.05) is 36.8 Å². The van der Waals surface area contributed by atoms with E-state index in [1.54, 1.807) is 6.20 Å². The lowest BCUT2D eigenvalue weighted by atomic mass is 10.0. The van der Waals surface area contributed by atoms with Crippen LogP contribution < -0.4 is 0 Å². The maximum atomic E-state index is 13.4. The molecule has 8 nitrogen and oxygen atoms in total. The molecular weight excluding hydrogens is 416 g/mol. The van der Waals surface area contributed by atoms with Crippen molar-refractivity contribution >= 4 is 33.4 Å². The number of amides is 2. The molecule has 1 unspecified atom stereocenters. The lowest BCUT2D eigenvalue weighted by Crippen LogP contribution is -2.46. The van der Waals surface area contributed by atoms with E-state index >= 15 is 0 Å². The Bertz CT molecular complexity index is 952. The third kappa shape index (κ3) is 4.32. The first-order valence-electron chi connectivity index (χ1n) is 11.1. The number of carbonyl (C=O) groups is 2.